The summed E-state index contributed by atoms with van der Waals surface area (Å²) < 4.78 is 0. The van der Waals surface area contributed by atoms with Crippen LogP contribution in [0, 0.1) is 11.3 Å². The summed E-state index contributed by atoms with van der Waals surface area (Å²) in [6.45, 7) is 4.81. The lowest BCUT2D eigenvalue weighted by Gasteiger charge is -2.32. The molecule has 1 aliphatic carbocycles. The van der Waals surface area contributed by atoms with Crippen LogP contribution >= 0.6 is 0 Å². The minimum absolute atomic E-state index is 0.212. The van der Waals surface area contributed by atoms with Gasteiger partial charge in [-0.2, -0.15) is 0 Å². The van der Waals surface area contributed by atoms with Crippen LogP contribution in [0.25, 0.3) is 0 Å². The molecule has 5 heteroatoms. The molecule has 2 aliphatic rings. The molecule has 0 unspecified atom stereocenters. The summed E-state index contributed by atoms with van der Waals surface area (Å²) >= 11 is 0. The fraction of sp³-hybridized carbons (Fsp3) is 0.875. The SMILES string of the molecule is CC1CCN(C(N)=NCC2(C(=O)N(C)C)CCCC2)CC1. The molecule has 5 nitrogen and oxygen atoms in total. The van der Waals surface area contributed by atoms with Gasteiger partial charge in [0.25, 0.3) is 0 Å². The Balaban J connectivity index is 2.01. The highest BCUT2D eigenvalue weighted by Crippen LogP contribution is 2.39. The minimum atomic E-state index is -0.308. The van der Waals surface area contributed by atoms with Crippen molar-refractivity contribution in [3.8, 4) is 0 Å². The van der Waals surface area contributed by atoms with Crippen molar-refractivity contribution in [3.05, 3.63) is 0 Å². The maximum atomic E-state index is 12.5. The molecule has 1 amide bonds. The number of hydrogen-bond donors (Lipinski definition) is 1. The number of rotatable bonds is 3. The second-order valence-electron chi connectivity index (χ2n) is 7.03. The van der Waals surface area contributed by atoms with Gasteiger partial charge in [-0.05, 0) is 31.6 Å². The molecule has 0 radical (unpaired) electrons. The van der Waals surface area contributed by atoms with Gasteiger partial charge in [-0.15, -0.1) is 0 Å². The first-order valence-corrected chi connectivity index (χ1v) is 8.21. The van der Waals surface area contributed by atoms with Crippen LogP contribution in [0.4, 0.5) is 0 Å². The molecule has 1 aliphatic heterocycles. The Morgan fingerprint density at radius 2 is 1.86 bits per heavy atom. The van der Waals surface area contributed by atoms with Gasteiger partial charge >= 0.3 is 0 Å². The molecule has 0 aromatic heterocycles. The van der Waals surface area contributed by atoms with Crippen LogP contribution in [0.5, 0.6) is 0 Å². The fourth-order valence-corrected chi connectivity index (χ4v) is 3.54. The summed E-state index contributed by atoms with van der Waals surface area (Å²) in [6, 6.07) is 0. The quantitative estimate of drug-likeness (QED) is 0.636. The van der Waals surface area contributed by atoms with E-state index in [4.69, 9.17) is 5.73 Å². The zero-order valence-corrected chi connectivity index (χ0v) is 13.8. The third kappa shape index (κ3) is 3.69. The standard InChI is InChI=1S/C16H30N4O/c1-13-6-10-20(11-7-13)15(17)18-12-16(8-4-5-9-16)14(21)19(2)3/h13H,4-12H2,1-3H3,(H2,17,18). The van der Waals surface area contributed by atoms with E-state index in [0.29, 0.717) is 12.5 Å². The van der Waals surface area contributed by atoms with Crippen molar-refractivity contribution in [1.29, 1.82) is 0 Å². The molecule has 0 aromatic carbocycles. The van der Waals surface area contributed by atoms with E-state index in [1.165, 1.54) is 12.8 Å². The summed E-state index contributed by atoms with van der Waals surface area (Å²) in [7, 11) is 3.67. The Hall–Kier alpha value is -1.26. The molecular formula is C16H30N4O. The maximum Gasteiger partial charge on any atom is 0.230 e. The highest BCUT2D eigenvalue weighted by molar-refractivity contribution is 5.84. The van der Waals surface area contributed by atoms with E-state index in [0.717, 1.165) is 44.7 Å². The molecule has 120 valence electrons. The zero-order chi connectivity index (χ0) is 15.5. The van der Waals surface area contributed by atoms with Crippen LogP contribution in [-0.4, -0.2) is 55.4 Å². The van der Waals surface area contributed by atoms with Crippen LogP contribution < -0.4 is 5.73 Å². The molecule has 0 atom stereocenters. The Bertz CT molecular complexity index is 391. The normalized spacial score (nSPS) is 23.4. The van der Waals surface area contributed by atoms with Gasteiger partial charge < -0.3 is 15.5 Å². The van der Waals surface area contributed by atoms with Crippen LogP contribution in [0.3, 0.4) is 0 Å². The van der Waals surface area contributed by atoms with Gasteiger partial charge in [0.2, 0.25) is 5.91 Å². The Kier molecular flexibility index (Phi) is 5.12. The van der Waals surface area contributed by atoms with Gasteiger partial charge in [0.05, 0.1) is 12.0 Å². The first-order chi connectivity index (χ1) is 9.94. The molecule has 0 aromatic rings. The highest BCUT2D eigenvalue weighted by atomic mass is 16.2. The van der Waals surface area contributed by atoms with Crippen molar-refractivity contribution in [1.82, 2.24) is 9.80 Å². The number of piperidine rings is 1. The summed E-state index contributed by atoms with van der Waals surface area (Å²) in [6.07, 6.45) is 6.48. The lowest BCUT2D eigenvalue weighted by atomic mass is 9.85. The van der Waals surface area contributed by atoms with Crippen LogP contribution in [-0.2, 0) is 4.79 Å². The van der Waals surface area contributed by atoms with Gasteiger partial charge in [0, 0.05) is 27.2 Å². The van der Waals surface area contributed by atoms with Crippen LogP contribution in [0.15, 0.2) is 4.99 Å². The first kappa shape index (κ1) is 16.1. The predicted molar refractivity (Wildman–Crippen MR) is 86.1 cm³/mol. The van der Waals surface area contributed by atoms with Crippen molar-refractivity contribution in [2.24, 2.45) is 22.1 Å². The third-order valence-electron chi connectivity index (χ3n) is 5.07. The largest absolute Gasteiger partial charge is 0.370 e. The Labute approximate surface area is 128 Å². The van der Waals surface area contributed by atoms with Crippen molar-refractivity contribution in [2.45, 2.75) is 45.4 Å². The average molecular weight is 294 g/mol. The molecule has 2 fully saturated rings. The lowest BCUT2D eigenvalue weighted by Crippen LogP contribution is -2.45. The number of nitrogens with zero attached hydrogens (tertiary/aromatic N) is 3. The molecule has 1 saturated heterocycles. The van der Waals surface area contributed by atoms with Crippen molar-refractivity contribution >= 4 is 11.9 Å². The molecule has 2 N–H and O–H groups in total. The molecule has 2 rings (SSSR count). The topological polar surface area (TPSA) is 61.9 Å². The van der Waals surface area contributed by atoms with Crippen molar-refractivity contribution in [3.63, 3.8) is 0 Å². The summed E-state index contributed by atoms with van der Waals surface area (Å²) in [5, 5.41) is 0. The van der Waals surface area contributed by atoms with E-state index < -0.39 is 0 Å². The Morgan fingerprint density at radius 1 is 1.29 bits per heavy atom. The van der Waals surface area contributed by atoms with E-state index in [9.17, 15) is 4.79 Å². The molecule has 0 bridgehead atoms. The molecule has 0 spiro atoms. The molecular weight excluding hydrogens is 264 g/mol. The van der Waals surface area contributed by atoms with E-state index in [1.807, 2.05) is 14.1 Å². The maximum absolute atomic E-state index is 12.5. The number of aliphatic imine (C=N–C) groups is 1. The second kappa shape index (κ2) is 6.67. The average Bonchev–Trinajstić information content (AvgIpc) is 2.94. The van der Waals surface area contributed by atoms with Gasteiger partial charge in [0.1, 0.15) is 0 Å². The van der Waals surface area contributed by atoms with Gasteiger partial charge in [0.15, 0.2) is 5.96 Å². The number of carbonyl (C=O) groups excluding carboxylic acids is 1. The number of guanidine groups is 1. The van der Waals surface area contributed by atoms with Crippen molar-refractivity contribution < 1.29 is 4.79 Å². The number of hydrogen-bond acceptors (Lipinski definition) is 2. The fourth-order valence-electron chi connectivity index (χ4n) is 3.54. The molecule has 1 saturated carbocycles. The number of nitrogens with two attached hydrogens (primary N) is 1. The monoisotopic (exact) mass is 294 g/mol. The van der Waals surface area contributed by atoms with Crippen LogP contribution in [0.1, 0.15) is 45.4 Å². The number of amides is 1. The molecule has 1 heterocycles. The first-order valence-electron chi connectivity index (χ1n) is 8.21. The second-order valence-corrected chi connectivity index (χ2v) is 7.03. The highest BCUT2D eigenvalue weighted by Gasteiger charge is 2.42. The van der Waals surface area contributed by atoms with Gasteiger partial charge in [-0.25, -0.2) is 0 Å². The molecule has 21 heavy (non-hydrogen) atoms. The predicted octanol–water partition coefficient (Wildman–Crippen LogP) is 1.68. The Morgan fingerprint density at radius 3 is 2.38 bits per heavy atom. The van der Waals surface area contributed by atoms with Gasteiger partial charge in [-0.1, -0.05) is 19.8 Å². The van der Waals surface area contributed by atoms with E-state index >= 15 is 0 Å². The van der Waals surface area contributed by atoms with E-state index in [-0.39, 0.29) is 11.3 Å². The zero-order valence-electron chi connectivity index (χ0n) is 13.8. The van der Waals surface area contributed by atoms with E-state index in [1.54, 1.807) is 4.90 Å². The summed E-state index contributed by atoms with van der Waals surface area (Å²) in [4.78, 5) is 21.0. The van der Waals surface area contributed by atoms with Gasteiger partial charge in [-0.3, -0.25) is 9.79 Å². The van der Waals surface area contributed by atoms with Crippen LogP contribution in [0.2, 0.25) is 0 Å². The number of carbonyl (C=O) groups is 1. The summed E-state index contributed by atoms with van der Waals surface area (Å²) in [5.41, 5.74) is 5.85. The minimum Gasteiger partial charge on any atom is -0.370 e. The number of likely N-dealkylation sites (tertiary alicyclic amines) is 1. The lowest BCUT2D eigenvalue weighted by molar-refractivity contribution is -0.138. The third-order valence-corrected chi connectivity index (χ3v) is 5.07. The summed E-state index contributed by atoms with van der Waals surface area (Å²) in [5.74, 6) is 1.62. The smallest absolute Gasteiger partial charge is 0.230 e. The van der Waals surface area contributed by atoms with Crippen molar-refractivity contribution in [2.75, 3.05) is 33.7 Å². The van der Waals surface area contributed by atoms with E-state index in [2.05, 4.69) is 16.8 Å².